The first-order valence-electron chi connectivity index (χ1n) is 6.58. The SMILES string of the molecule is O=C(O)c1cc2ccccc2c(NCCn2cccn2)n1. The smallest absolute Gasteiger partial charge is 0.354 e. The molecule has 0 bridgehead atoms. The van der Waals surface area contributed by atoms with E-state index in [1.165, 1.54) is 0 Å². The molecule has 1 aromatic carbocycles. The topological polar surface area (TPSA) is 80.0 Å². The molecular formula is C15H14N4O2. The Bertz CT molecular complexity index is 768. The zero-order chi connectivity index (χ0) is 14.7. The number of nitrogens with one attached hydrogen (secondary N) is 1. The first-order chi connectivity index (χ1) is 10.2. The molecule has 0 atom stereocenters. The molecule has 0 spiro atoms. The lowest BCUT2D eigenvalue weighted by Crippen LogP contribution is -2.13. The van der Waals surface area contributed by atoms with E-state index in [2.05, 4.69) is 15.4 Å². The first-order valence-corrected chi connectivity index (χ1v) is 6.58. The predicted molar refractivity (Wildman–Crippen MR) is 79.4 cm³/mol. The zero-order valence-corrected chi connectivity index (χ0v) is 11.2. The molecule has 3 rings (SSSR count). The number of hydrogen-bond acceptors (Lipinski definition) is 4. The fraction of sp³-hybridized carbons (Fsp3) is 0.133. The van der Waals surface area contributed by atoms with Crippen LogP contribution in [-0.4, -0.2) is 32.4 Å². The second kappa shape index (κ2) is 5.62. The van der Waals surface area contributed by atoms with E-state index in [9.17, 15) is 4.79 Å². The average molecular weight is 282 g/mol. The quantitative estimate of drug-likeness (QED) is 0.750. The van der Waals surface area contributed by atoms with Crippen LogP contribution in [0.5, 0.6) is 0 Å². The number of hydrogen-bond donors (Lipinski definition) is 2. The fourth-order valence-electron chi connectivity index (χ4n) is 2.16. The van der Waals surface area contributed by atoms with Crippen molar-refractivity contribution in [3.8, 4) is 0 Å². The van der Waals surface area contributed by atoms with Gasteiger partial charge in [-0.1, -0.05) is 24.3 Å². The van der Waals surface area contributed by atoms with Crippen LogP contribution in [-0.2, 0) is 6.54 Å². The molecule has 21 heavy (non-hydrogen) atoms. The molecule has 0 aliphatic carbocycles. The molecule has 6 nitrogen and oxygen atoms in total. The lowest BCUT2D eigenvalue weighted by atomic mass is 10.1. The number of rotatable bonds is 5. The van der Waals surface area contributed by atoms with Crippen LogP contribution in [0.1, 0.15) is 10.5 Å². The van der Waals surface area contributed by atoms with Gasteiger partial charge in [-0.15, -0.1) is 0 Å². The molecule has 2 heterocycles. The number of carboxylic acids is 1. The number of nitrogens with zero attached hydrogens (tertiary/aromatic N) is 3. The van der Waals surface area contributed by atoms with Crippen LogP contribution in [0.15, 0.2) is 48.8 Å². The van der Waals surface area contributed by atoms with Crippen LogP contribution >= 0.6 is 0 Å². The van der Waals surface area contributed by atoms with Gasteiger partial charge >= 0.3 is 5.97 Å². The Kier molecular flexibility index (Phi) is 3.51. The molecule has 0 saturated carbocycles. The summed E-state index contributed by atoms with van der Waals surface area (Å²) in [4.78, 5) is 15.3. The summed E-state index contributed by atoms with van der Waals surface area (Å²) in [6.45, 7) is 1.29. The molecule has 0 unspecified atom stereocenters. The molecule has 0 radical (unpaired) electrons. The largest absolute Gasteiger partial charge is 0.477 e. The van der Waals surface area contributed by atoms with Crippen molar-refractivity contribution in [1.82, 2.24) is 14.8 Å². The van der Waals surface area contributed by atoms with Crippen LogP contribution in [0.2, 0.25) is 0 Å². The molecule has 0 saturated heterocycles. The van der Waals surface area contributed by atoms with Crippen molar-refractivity contribution in [2.24, 2.45) is 0 Å². The Hall–Kier alpha value is -2.89. The molecule has 6 heteroatoms. The lowest BCUT2D eigenvalue weighted by molar-refractivity contribution is 0.0691. The highest BCUT2D eigenvalue weighted by Crippen LogP contribution is 2.22. The van der Waals surface area contributed by atoms with E-state index in [1.807, 2.05) is 36.5 Å². The van der Waals surface area contributed by atoms with Gasteiger partial charge in [0.25, 0.3) is 0 Å². The number of carboxylic acid groups (broad SMARTS) is 1. The van der Waals surface area contributed by atoms with Gasteiger partial charge in [-0.25, -0.2) is 9.78 Å². The monoisotopic (exact) mass is 282 g/mol. The number of anilines is 1. The van der Waals surface area contributed by atoms with E-state index in [0.29, 0.717) is 18.9 Å². The summed E-state index contributed by atoms with van der Waals surface area (Å²) in [5.74, 6) is -0.450. The molecule has 0 amide bonds. The Labute approximate surface area is 121 Å². The lowest BCUT2D eigenvalue weighted by Gasteiger charge is -2.10. The summed E-state index contributed by atoms with van der Waals surface area (Å²) < 4.78 is 1.80. The van der Waals surface area contributed by atoms with Crippen LogP contribution in [0.4, 0.5) is 5.82 Å². The van der Waals surface area contributed by atoms with Crippen LogP contribution in [0, 0.1) is 0 Å². The maximum Gasteiger partial charge on any atom is 0.354 e. The Morgan fingerprint density at radius 2 is 2.14 bits per heavy atom. The molecule has 106 valence electrons. The zero-order valence-electron chi connectivity index (χ0n) is 11.2. The molecule has 0 fully saturated rings. The predicted octanol–water partition coefficient (Wildman–Crippen LogP) is 2.24. The van der Waals surface area contributed by atoms with E-state index >= 15 is 0 Å². The van der Waals surface area contributed by atoms with Crippen molar-refractivity contribution in [3.05, 3.63) is 54.5 Å². The van der Waals surface area contributed by atoms with Gasteiger partial charge in [0.2, 0.25) is 0 Å². The second-order valence-electron chi connectivity index (χ2n) is 4.58. The van der Waals surface area contributed by atoms with Gasteiger partial charge < -0.3 is 10.4 Å². The standard InChI is InChI=1S/C15H14N4O2/c20-15(21)13-10-11-4-1-2-5-12(11)14(18-13)16-7-9-19-8-3-6-17-19/h1-6,8,10H,7,9H2,(H,16,18)(H,20,21). The Morgan fingerprint density at radius 1 is 1.29 bits per heavy atom. The number of benzene rings is 1. The third kappa shape index (κ3) is 2.84. The molecule has 0 aliphatic rings. The summed E-state index contributed by atoms with van der Waals surface area (Å²) >= 11 is 0. The first kappa shape index (κ1) is 13.1. The highest BCUT2D eigenvalue weighted by atomic mass is 16.4. The molecule has 2 aromatic heterocycles. The maximum absolute atomic E-state index is 11.2. The van der Waals surface area contributed by atoms with E-state index in [0.717, 1.165) is 10.8 Å². The van der Waals surface area contributed by atoms with Crippen molar-refractivity contribution in [3.63, 3.8) is 0 Å². The normalized spacial score (nSPS) is 10.7. The average Bonchev–Trinajstić information content (AvgIpc) is 3.00. The van der Waals surface area contributed by atoms with Crippen LogP contribution in [0.3, 0.4) is 0 Å². The molecule has 0 aliphatic heterocycles. The fourth-order valence-corrected chi connectivity index (χ4v) is 2.16. The van der Waals surface area contributed by atoms with Gasteiger partial charge in [0, 0.05) is 24.3 Å². The molecular weight excluding hydrogens is 268 g/mol. The number of fused-ring (bicyclic) bond motifs is 1. The van der Waals surface area contributed by atoms with Gasteiger partial charge in [0.05, 0.1) is 6.54 Å². The Balaban J connectivity index is 1.87. The molecule has 3 aromatic rings. The van der Waals surface area contributed by atoms with Gasteiger partial charge in [0.15, 0.2) is 5.69 Å². The van der Waals surface area contributed by atoms with Gasteiger partial charge in [-0.05, 0) is 17.5 Å². The summed E-state index contributed by atoms with van der Waals surface area (Å²) in [5.41, 5.74) is 0.0373. The minimum Gasteiger partial charge on any atom is -0.477 e. The van der Waals surface area contributed by atoms with Crippen molar-refractivity contribution in [2.75, 3.05) is 11.9 Å². The van der Waals surface area contributed by atoms with Crippen LogP contribution in [0.25, 0.3) is 10.8 Å². The van der Waals surface area contributed by atoms with Crippen molar-refractivity contribution in [1.29, 1.82) is 0 Å². The highest BCUT2D eigenvalue weighted by molar-refractivity contribution is 5.97. The third-order valence-electron chi connectivity index (χ3n) is 3.15. The van der Waals surface area contributed by atoms with Crippen molar-refractivity contribution in [2.45, 2.75) is 6.54 Å². The summed E-state index contributed by atoms with van der Waals surface area (Å²) in [6, 6.07) is 11.0. The van der Waals surface area contributed by atoms with Crippen molar-refractivity contribution < 1.29 is 9.90 Å². The number of pyridine rings is 1. The maximum atomic E-state index is 11.2. The minimum absolute atomic E-state index is 0.0373. The summed E-state index contributed by atoms with van der Waals surface area (Å²) in [5, 5.41) is 18.2. The Morgan fingerprint density at radius 3 is 2.90 bits per heavy atom. The number of aromatic carboxylic acids is 1. The summed E-state index contributed by atoms with van der Waals surface area (Å²) in [7, 11) is 0. The summed E-state index contributed by atoms with van der Waals surface area (Å²) in [6.07, 6.45) is 3.60. The second-order valence-corrected chi connectivity index (χ2v) is 4.58. The van der Waals surface area contributed by atoms with E-state index < -0.39 is 5.97 Å². The van der Waals surface area contributed by atoms with Gasteiger partial charge in [-0.3, -0.25) is 4.68 Å². The van der Waals surface area contributed by atoms with E-state index in [1.54, 1.807) is 16.9 Å². The van der Waals surface area contributed by atoms with Gasteiger partial charge in [-0.2, -0.15) is 5.10 Å². The number of aromatic nitrogens is 3. The van der Waals surface area contributed by atoms with E-state index in [-0.39, 0.29) is 5.69 Å². The molecule has 2 N–H and O–H groups in total. The highest BCUT2D eigenvalue weighted by Gasteiger charge is 2.10. The number of carbonyl (C=O) groups is 1. The minimum atomic E-state index is -1.03. The van der Waals surface area contributed by atoms with Crippen molar-refractivity contribution >= 4 is 22.6 Å². The van der Waals surface area contributed by atoms with Gasteiger partial charge in [0.1, 0.15) is 5.82 Å². The van der Waals surface area contributed by atoms with E-state index in [4.69, 9.17) is 5.11 Å². The third-order valence-corrected chi connectivity index (χ3v) is 3.15. The van der Waals surface area contributed by atoms with Crippen LogP contribution < -0.4 is 5.32 Å².